The van der Waals surface area contributed by atoms with Crippen LogP contribution in [0.3, 0.4) is 0 Å². The number of rotatable bonds is 6. The van der Waals surface area contributed by atoms with Crippen molar-refractivity contribution in [3.05, 3.63) is 54.1 Å². The standard InChI is InChI=1S/C20H24N2O3/c1-24-18-11-15(12-19(13-18)25-2)20(23)22-10-6-9-17(22)14-21-16-7-4-3-5-8-16/h3-5,7-8,11-13,17,21H,6,9-10,14H2,1-2H3. The number of para-hydroxylation sites is 1. The molecule has 1 fully saturated rings. The molecule has 0 bridgehead atoms. The Labute approximate surface area is 148 Å². The molecule has 3 rings (SSSR count). The number of hydrogen-bond acceptors (Lipinski definition) is 4. The highest BCUT2D eigenvalue weighted by molar-refractivity contribution is 5.95. The second kappa shape index (κ2) is 7.92. The minimum atomic E-state index is 0.0227. The lowest BCUT2D eigenvalue weighted by Gasteiger charge is -2.26. The topological polar surface area (TPSA) is 50.8 Å². The SMILES string of the molecule is COc1cc(OC)cc(C(=O)N2CCCC2CNc2ccccc2)c1. The number of carbonyl (C=O) groups excluding carboxylic acids is 1. The first kappa shape index (κ1) is 17.1. The predicted molar refractivity (Wildman–Crippen MR) is 98.5 cm³/mol. The number of anilines is 1. The number of benzene rings is 2. The summed E-state index contributed by atoms with van der Waals surface area (Å²) in [6, 6.07) is 15.6. The molecule has 0 saturated carbocycles. The average Bonchev–Trinajstić information content (AvgIpc) is 3.14. The molecule has 0 radical (unpaired) electrons. The molecule has 1 heterocycles. The zero-order valence-corrected chi connectivity index (χ0v) is 14.7. The third-order valence-corrected chi connectivity index (χ3v) is 4.55. The minimum absolute atomic E-state index is 0.0227. The van der Waals surface area contributed by atoms with E-state index in [1.807, 2.05) is 35.2 Å². The highest BCUT2D eigenvalue weighted by Gasteiger charge is 2.29. The number of nitrogens with one attached hydrogen (secondary N) is 1. The Kier molecular flexibility index (Phi) is 5.43. The smallest absolute Gasteiger partial charge is 0.254 e. The van der Waals surface area contributed by atoms with Crippen molar-refractivity contribution in [3.63, 3.8) is 0 Å². The van der Waals surface area contributed by atoms with Gasteiger partial charge in [0.2, 0.25) is 0 Å². The molecule has 132 valence electrons. The fraction of sp³-hybridized carbons (Fsp3) is 0.350. The van der Waals surface area contributed by atoms with Gasteiger partial charge in [0.1, 0.15) is 11.5 Å². The Balaban J connectivity index is 1.72. The summed E-state index contributed by atoms with van der Waals surface area (Å²) in [7, 11) is 3.18. The Hall–Kier alpha value is -2.69. The van der Waals surface area contributed by atoms with Gasteiger partial charge in [-0.15, -0.1) is 0 Å². The monoisotopic (exact) mass is 340 g/mol. The third kappa shape index (κ3) is 4.05. The number of methoxy groups -OCH3 is 2. The van der Waals surface area contributed by atoms with Gasteiger partial charge >= 0.3 is 0 Å². The van der Waals surface area contributed by atoms with Crippen LogP contribution in [0.15, 0.2) is 48.5 Å². The van der Waals surface area contributed by atoms with Gasteiger partial charge in [0.05, 0.1) is 14.2 Å². The molecule has 25 heavy (non-hydrogen) atoms. The average molecular weight is 340 g/mol. The first-order valence-electron chi connectivity index (χ1n) is 8.54. The first-order chi connectivity index (χ1) is 12.2. The molecule has 1 atom stereocenters. The summed E-state index contributed by atoms with van der Waals surface area (Å²) in [5, 5.41) is 3.42. The quantitative estimate of drug-likeness (QED) is 0.875. The van der Waals surface area contributed by atoms with E-state index in [1.54, 1.807) is 32.4 Å². The van der Waals surface area contributed by atoms with E-state index in [0.29, 0.717) is 17.1 Å². The van der Waals surface area contributed by atoms with Gasteiger partial charge in [0.15, 0.2) is 0 Å². The largest absolute Gasteiger partial charge is 0.497 e. The van der Waals surface area contributed by atoms with Crippen LogP contribution < -0.4 is 14.8 Å². The summed E-state index contributed by atoms with van der Waals surface area (Å²) in [6.45, 7) is 1.52. The summed E-state index contributed by atoms with van der Waals surface area (Å²) in [4.78, 5) is 14.9. The number of hydrogen-bond donors (Lipinski definition) is 1. The highest BCUT2D eigenvalue weighted by Crippen LogP contribution is 2.26. The van der Waals surface area contributed by atoms with E-state index in [1.165, 1.54) is 0 Å². The van der Waals surface area contributed by atoms with Crippen molar-refractivity contribution in [1.82, 2.24) is 4.90 Å². The summed E-state index contributed by atoms with van der Waals surface area (Å²) < 4.78 is 10.6. The Bertz CT molecular complexity index is 696. The molecule has 1 N–H and O–H groups in total. The maximum absolute atomic E-state index is 13.0. The lowest BCUT2D eigenvalue weighted by Crippen LogP contribution is -2.39. The van der Waals surface area contributed by atoms with Gasteiger partial charge in [-0.05, 0) is 37.1 Å². The molecule has 1 amide bonds. The molecule has 1 saturated heterocycles. The molecule has 1 aliphatic rings. The van der Waals surface area contributed by atoms with Crippen molar-refractivity contribution in [2.24, 2.45) is 0 Å². The fourth-order valence-electron chi connectivity index (χ4n) is 3.20. The molecule has 2 aromatic carbocycles. The summed E-state index contributed by atoms with van der Waals surface area (Å²) in [5.74, 6) is 1.27. The van der Waals surface area contributed by atoms with Crippen LogP contribution in [-0.2, 0) is 0 Å². The van der Waals surface area contributed by atoms with Crippen molar-refractivity contribution in [1.29, 1.82) is 0 Å². The molecule has 5 heteroatoms. The number of amides is 1. The predicted octanol–water partition coefficient (Wildman–Crippen LogP) is 3.42. The molecular formula is C20H24N2O3. The number of likely N-dealkylation sites (tertiary alicyclic amines) is 1. The van der Waals surface area contributed by atoms with E-state index in [4.69, 9.17) is 9.47 Å². The molecule has 2 aromatic rings. The van der Waals surface area contributed by atoms with Gasteiger partial charge in [-0.2, -0.15) is 0 Å². The van der Waals surface area contributed by atoms with E-state index in [9.17, 15) is 4.79 Å². The van der Waals surface area contributed by atoms with Gasteiger partial charge in [0.25, 0.3) is 5.91 Å². The van der Waals surface area contributed by atoms with Crippen molar-refractivity contribution >= 4 is 11.6 Å². The summed E-state index contributed by atoms with van der Waals surface area (Å²) >= 11 is 0. The fourth-order valence-corrected chi connectivity index (χ4v) is 3.20. The van der Waals surface area contributed by atoms with E-state index >= 15 is 0 Å². The molecule has 5 nitrogen and oxygen atoms in total. The molecule has 1 aliphatic heterocycles. The van der Waals surface area contributed by atoms with Crippen molar-refractivity contribution in [2.45, 2.75) is 18.9 Å². The number of nitrogens with zero attached hydrogens (tertiary/aromatic N) is 1. The van der Waals surface area contributed by atoms with Crippen LogP contribution in [0.1, 0.15) is 23.2 Å². The first-order valence-corrected chi connectivity index (χ1v) is 8.54. The van der Waals surface area contributed by atoms with Crippen LogP contribution in [0.2, 0.25) is 0 Å². The maximum Gasteiger partial charge on any atom is 0.254 e. The molecule has 1 unspecified atom stereocenters. The van der Waals surface area contributed by atoms with Crippen LogP contribution in [0.5, 0.6) is 11.5 Å². The normalized spacial score (nSPS) is 16.6. The van der Waals surface area contributed by atoms with Crippen molar-refractivity contribution in [2.75, 3.05) is 32.6 Å². The minimum Gasteiger partial charge on any atom is -0.497 e. The second-order valence-electron chi connectivity index (χ2n) is 6.14. The van der Waals surface area contributed by atoms with Gasteiger partial charge < -0.3 is 19.7 Å². The van der Waals surface area contributed by atoms with Crippen molar-refractivity contribution in [3.8, 4) is 11.5 Å². The van der Waals surface area contributed by atoms with Crippen LogP contribution >= 0.6 is 0 Å². The zero-order valence-electron chi connectivity index (χ0n) is 14.7. The second-order valence-corrected chi connectivity index (χ2v) is 6.14. The Morgan fingerprint density at radius 1 is 1.12 bits per heavy atom. The Morgan fingerprint density at radius 2 is 1.80 bits per heavy atom. The lowest BCUT2D eigenvalue weighted by atomic mass is 10.1. The van der Waals surface area contributed by atoms with E-state index in [0.717, 1.165) is 31.6 Å². The molecule has 0 aliphatic carbocycles. The maximum atomic E-state index is 13.0. The third-order valence-electron chi connectivity index (χ3n) is 4.55. The summed E-state index contributed by atoms with van der Waals surface area (Å²) in [6.07, 6.45) is 2.03. The van der Waals surface area contributed by atoms with Crippen LogP contribution in [-0.4, -0.2) is 44.2 Å². The van der Waals surface area contributed by atoms with E-state index in [-0.39, 0.29) is 11.9 Å². The summed E-state index contributed by atoms with van der Waals surface area (Å²) in [5.41, 5.74) is 1.67. The van der Waals surface area contributed by atoms with Crippen LogP contribution in [0.4, 0.5) is 5.69 Å². The van der Waals surface area contributed by atoms with Gasteiger partial charge in [-0.3, -0.25) is 4.79 Å². The number of carbonyl (C=O) groups is 1. The van der Waals surface area contributed by atoms with E-state index < -0.39 is 0 Å². The zero-order chi connectivity index (χ0) is 17.6. The van der Waals surface area contributed by atoms with Crippen molar-refractivity contribution < 1.29 is 14.3 Å². The van der Waals surface area contributed by atoms with Gasteiger partial charge in [-0.1, -0.05) is 18.2 Å². The van der Waals surface area contributed by atoms with Crippen LogP contribution in [0, 0.1) is 0 Å². The van der Waals surface area contributed by atoms with E-state index in [2.05, 4.69) is 5.32 Å². The highest BCUT2D eigenvalue weighted by atomic mass is 16.5. The molecular weight excluding hydrogens is 316 g/mol. The van der Waals surface area contributed by atoms with Gasteiger partial charge in [-0.25, -0.2) is 0 Å². The Morgan fingerprint density at radius 3 is 2.44 bits per heavy atom. The number of ether oxygens (including phenoxy) is 2. The molecule has 0 aromatic heterocycles. The molecule has 0 spiro atoms. The van der Waals surface area contributed by atoms with Crippen LogP contribution in [0.25, 0.3) is 0 Å². The van der Waals surface area contributed by atoms with Gasteiger partial charge in [0, 0.05) is 36.4 Å². The lowest BCUT2D eigenvalue weighted by molar-refractivity contribution is 0.0743.